The van der Waals surface area contributed by atoms with Gasteiger partial charge in [-0.25, -0.2) is 0 Å². The van der Waals surface area contributed by atoms with Gasteiger partial charge in [0.05, 0.1) is 17.4 Å². The first-order chi connectivity index (χ1) is 8.63. The molecule has 100 valence electrons. The van der Waals surface area contributed by atoms with Gasteiger partial charge < -0.3 is 10.1 Å². The molecular formula is C13H21N3O2. The molecule has 0 saturated carbocycles. The van der Waals surface area contributed by atoms with Crippen LogP contribution in [0.2, 0.25) is 0 Å². The average Bonchev–Trinajstić information content (AvgIpc) is 2.93. The number of H-pyrrole nitrogens is 1. The summed E-state index contributed by atoms with van der Waals surface area (Å²) in [7, 11) is 0. The molecule has 2 N–H and O–H groups in total. The van der Waals surface area contributed by atoms with Crippen LogP contribution in [0.4, 0.5) is 0 Å². The number of aryl methyl sites for hydroxylation is 2. The highest BCUT2D eigenvalue weighted by Crippen LogP contribution is 2.22. The zero-order chi connectivity index (χ0) is 13.1. The summed E-state index contributed by atoms with van der Waals surface area (Å²) in [6.45, 7) is 7.31. The van der Waals surface area contributed by atoms with E-state index in [2.05, 4.69) is 22.4 Å². The zero-order valence-electron chi connectivity index (χ0n) is 11.2. The highest BCUT2D eigenvalue weighted by molar-refractivity contribution is 5.96. The SMILES string of the molecule is CCC1OCCC1CNC(=O)c1c(C)n[nH]c1C. The fourth-order valence-electron chi connectivity index (χ4n) is 2.58. The first-order valence-electron chi connectivity index (χ1n) is 6.54. The first-order valence-corrected chi connectivity index (χ1v) is 6.54. The number of nitrogens with one attached hydrogen (secondary N) is 2. The molecule has 0 bridgehead atoms. The number of aromatic amines is 1. The van der Waals surface area contributed by atoms with Crippen molar-refractivity contribution < 1.29 is 9.53 Å². The van der Waals surface area contributed by atoms with Crippen LogP contribution in [0.3, 0.4) is 0 Å². The maximum absolute atomic E-state index is 12.1. The van der Waals surface area contributed by atoms with E-state index in [0.29, 0.717) is 18.0 Å². The molecular weight excluding hydrogens is 230 g/mol. The Balaban J connectivity index is 1.93. The summed E-state index contributed by atoms with van der Waals surface area (Å²) in [5.74, 6) is 0.395. The van der Waals surface area contributed by atoms with Gasteiger partial charge in [0.15, 0.2) is 0 Å². The van der Waals surface area contributed by atoms with Gasteiger partial charge in [0, 0.05) is 24.8 Å². The molecule has 1 aliphatic heterocycles. The molecule has 2 heterocycles. The van der Waals surface area contributed by atoms with Crippen molar-refractivity contribution in [1.29, 1.82) is 0 Å². The predicted octanol–water partition coefficient (Wildman–Crippen LogP) is 1.57. The molecule has 5 heteroatoms. The van der Waals surface area contributed by atoms with E-state index in [4.69, 9.17) is 4.74 Å². The van der Waals surface area contributed by atoms with Crippen LogP contribution >= 0.6 is 0 Å². The van der Waals surface area contributed by atoms with Gasteiger partial charge in [0.1, 0.15) is 0 Å². The molecule has 5 nitrogen and oxygen atoms in total. The Morgan fingerprint density at radius 3 is 2.94 bits per heavy atom. The number of amides is 1. The molecule has 2 rings (SSSR count). The molecule has 1 aliphatic rings. The van der Waals surface area contributed by atoms with Crippen LogP contribution in [0.15, 0.2) is 0 Å². The van der Waals surface area contributed by atoms with Crippen molar-refractivity contribution in [3.63, 3.8) is 0 Å². The molecule has 1 saturated heterocycles. The van der Waals surface area contributed by atoms with Crippen LogP contribution in [0.25, 0.3) is 0 Å². The second-order valence-corrected chi connectivity index (χ2v) is 4.89. The van der Waals surface area contributed by atoms with E-state index in [1.54, 1.807) is 0 Å². The minimum absolute atomic E-state index is 0.0412. The molecule has 0 radical (unpaired) electrons. The third-order valence-electron chi connectivity index (χ3n) is 3.63. The maximum atomic E-state index is 12.1. The molecule has 18 heavy (non-hydrogen) atoms. The Hall–Kier alpha value is -1.36. The highest BCUT2D eigenvalue weighted by atomic mass is 16.5. The van der Waals surface area contributed by atoms with Gasteiger partial charge in [-0.1, -0.05) is 6.92 Å². The molecule has 1 aromatic heterocycles. The van der Waals surface area contributed by atoms with E-state index in [1.807, 2.05) is 13.8 Å². The van der Waals surface area contributed by atoms with E-state index in [0.717, 1.165) is 30.8 Å². The Morgan fingerprint density at radius 1 is 1.56 bits per heavy atom. The second-order valence-electron chi connectivity index (χ2n) is 4.89. The number of rotatable bonds is 4. The highest BCUT2D eigenvalue weighted by Gasteiger charge is 2.27. The van der Waals surface area contributed by atoms with E-state index in [-0.39, 0.29) is 12.0 Å². The average molecular weight is 251 g/mol. The zero-order valence-corrected chi connectivity index (χ0v) is 11.2. The van der Waals surface area contributed by atoms with Crippen molar-refractivity contribution in [3.05, 3.63) is 17.0 Å². The number of carbonyl (C=O) groups excluding carboxylic acids is 1. The van der Waals surface area contributed by atoms with Crippen LogP contribution in [-0.4, -0.2) is 35.4 Å². The molecule has 2 unspecified atom stereocenters. The van der Waals surface area contributed by atoms with E-state index in [9.17, 15) is 4.79 Å². The van der Waals surface area contributed by atoms with Gasteiger partial charge in [0.2, 0.25) is 0 Å². The summed E-state index contributed by atoms with van der Waals surface area (Å²) in [6.07, 6.45) is 2.32. The normalized spacial score (nSPS) is 23.3. The topological polar surface area (TPSA) is 67.0 Å². The fraction of sp³-hybridized carbons (Fsp3) is 0.692. The summed E-state index contributed by atoms with van der Waals surface area (Å²) in [6, 6.07) is 0. The Kier molecular flexibility index (Phi) is 4.01. The van der Waals surface area contributed by atoms with Crippen molar-refractivity contribution in [3.8, 4) is 0 Å². The molecule has 1 aromatic rings. The van der Waals surface area contributed by atoms with Crippen molar-refractivity contribution in [2.75, 3.05) is 13.2 Å². The lowest BCUT2D eigenvalue weighted by Gasteiger charge is -2.17. The summed E-state index contributed by atoms with van der Waals surface area (Å²) >= 11 is 0. The Bertz CT molecular complexity index is 408. The van der Waals surface area contributed by atoms with Crippen LogP contribution in [0.1, 0.15) is 41.5 Å². The van der Waals surface area contributed by atoms with E-state index in [1.165, 1.54) is 0 Å². The van der Waals surface area contributed by atoms with Gasteiger partial charge in [-0.2, -0.15) is 5.10 Å². The van der Waals surface area contributed by atoms with Gasteiger partial charge >= 0.3 is 0 Å². The van der Waals surface area contributed by atoms with Crippen molar-refractivity contribution in [1.82, 2.24) is 15.5 Å². The van der Waals surface area contributed by atoms with Crippen LogP contribution in [0, 0.1) is 19.8 Å². The summed E-state index contributed by atoms with van der Waals surface area (Å²) < 4.78 is 5.62. The van der Waals surface area contributed by atoms with Crippen molar-refractivity contribution in [2.24, 2.45) is 5.92 Å². The number of carbonyl (C=O) groups is 1. The molecule has 1 amide bonds. The van der Waals surface area contributed by atoms with Crippen LogP contribution in [0.5, 0.6) is 0 Å². The molecule has 0 spiro atoms. The summed E-state index contributed by atoms with van der Waals surface area (Å²) in [4.78, 5) is 12.1. The Morgan fingerprint density at radius 2 is 2.33 bits per heavy atom. The quantitative estimate of drug-likeness (QED) is 0.853. The monoisotopic (exact) mass is 251 g/mol. The Labute approximate surface area is 107 Å². The maximum Gasteiger partial charge on any atom is 0.255 e. The molecule has 2 atom stereocenters. The molecule has 0 aromatic carbocycles. The van der Waals surface area contributed by atoms with E-state index < -0.39 is 0 Å². The minimum atomic E-state index is -0.0412. The predicted molar refractivity (Wildman–Crippen MR) is 68.5 cm³/mol. The third-order valence-corrected chi connectivity index (χ3v) is 3.63. The van der Waals surface area contributed by atoms with E-state index >= 15 is 0 Å². The fourth-order valence-corrected chi connectivity index (χ4v) is 2.58. The van der Waals surface area contributed by atoms with Crippen molar-refractivity contribution >= 4 is 5.91 Å². The number of aromatic nitrogens is 2. The lowest BCUT2D eigenvalue weighted by atomic mass is 9.99. The summed E-state index contributed by atoms with van der Waals surface area (Å²) in [5.41, 5.74) is 2.24. The number of ether oxygens (including phenoxy) is 1. The number of hydrogen-bond acceptors (Lipinski definition) is 3. The van der Waals surface area contributed by atoms with Crippen molar-refractivity contribution in [2.45, 2.75) is 39.7 Å². The van der Waals surface area contributed by atoms with Gasteiger partial charge in [-0.05, 0) is 26.7 Å². The summed E-state index contributed by atoms with van der Waals surface area (Å²) in [5, 5.41) is 9.86. The molecule has 1 fully saturated rings. The van der Waals surface area contributed by atoms with Gasteiger partial charge in [-0.15, -0.1) is 0 Å². The second kappa shape index (κ2) is 5.52. The van der Waals surface area contributed by atoms with Crippen LogP contribution < -0.4 is 5.32 Å². The third kappa shape index (κ3) is 2.56. The smallest absolute Gasteiger partial charge is 0.255 e. The lowest BCUT2D eigenvalue weighted by molar-refractivity contribution is 0.0826. The molecule has 0 aliphatic carbocycles. The number of hydrogen-bond donors (Lipinski definition) is 2. The lowest BCUT2D eigenvalue weighted by Crippen LogP contribution is -2.33. The standard InChI is InChI=1S/C13H21N3O2/c1-4-11-10(5-6-18-11)7-14-13(17)12-8(2)15-16-9(12)3/h10-11H,4-7H2,1-3H3,(H,14,17)(H,15,16). The largest absolute Gasteiger partial charge is 0.378 e. The number of nitrogens with zero attached hydrogens (tertiary/aromatic N) is 1. The van der Waals surface area contributed by atoms with Crippen LogP contribution in [-0.2, 0) is 4.74 Å². The first kappa shape index (κ1) is 13.1. The van der Waals surface area contributed by atoms with Gasteiger partial charge in [0.25, 0.3) is 5.91 Å². The minimum Gasteiger partial charge on any atom is -0.378 e. The van der Waals surface area contributed by atoms with Gasteiger partial charge in [-0.3, -0.25) is 9.89 Å².